The van der Waals surface area contributed by atoms with Crippen LogP contribution in [0.5, 0.6) is 5.75 Å². The fraction of sp³-hybridized carbons (Fsp3) is 0.130. The molecule has 3 rings (SSSR count). The van der Waals surface area contributed by atoms with E-state index in [2.05, 4.69) is 10.5 Å². The highest BCUT2D eigenvalue weighted by Crippen LogP contribution is 2.22. The van der Waals surface area contributed by atoms with E-state index in [-0.39, 0.29) is 16.8 Å². The number of nitrogens with zero attached hydrogens (tertiary/aromatic N) is 2. The predicted molar refractivity (Wildman–Crippen MR) is 121 cm³/mol. The van der Waals surface area contributed by atoms with Crippen LogP contribution < -0.4 is 10.2 Å². The zero-order valence-corrected chi connectivity index (χ0v) is 17.6. The van der Waals surface area contributed by atoms with Crippen molar-refractivity contribution < 1.29 is 14.5 Å². The van der Waals surface area contributed by atoms with Crippen molar-refractivity contribution in [2.45, 2.75) is 23.7 Å². The molecule has 0 heterocycles. The maximum absolute atomic E-state index is 12.2. The van der Waals surface area contributed by atoms with Gasteiger partial charge in [-0.15, -0.1) is 11.8 Å². The summed E-state index contributed by atoms with van der Waals surface area (Å²) in [7, 11) is 0. The summed E-state index contributed by atoms with van der Waals surface area (Å²) in [5, 5.41) is 14.4. The van der Waals surface area contributed by atoms with E-state index in [9.17, 15) is 14.9 Å². The Hall–Kier alpha value is -3.65. The molecule has 1 amide bonds. The van der Waals surface area contributed by atoms with Crippen LogP contribution in [-0.2, 0) is 11.4 Å². The van der Waals surface area contributed by atoms with Gasteiger partial charge in [-0.25, -0.2) is 5.43 Å². The molecule has 0 aliphatic rings. The summed E-state index contributed by atoms with van der Waals surface area (Å²) in [5.41, 5.74) is 4.25. The van der Waals surface area contributed by atoms with Crippen molar-refractivity contribution in [1.29, 1.82) is 0 Å². The number of carbonyl (C=O) groups excluding carboxylic acids is 1. The van der Waals surface area contributed by atoms with Gasteiger partial charge in [0.15, 0.2) is 0 Å². The first kappa shape index (κ1) is 22.0. The van der Waals surface area contributed by atoms with E-state index in [1.165, 1.54) is 23.9 Å². The number of thioether (sulfide) groups is 1. The predicted octanol–water partition coefficient (Wildman–Crippen LogP) is 4.80. The number of benzene rings is 3. The molecule has 31 heavy (non-hydrogen) atoms. The molecule has 0 radical (unpaired) electrons. The molecule has 0 unspecified atom stereocenters. The number of amides is 1. The van der Waals surface area contributed by atoms with Crippen molar-refractivity contribution in [2.75, 3.05) is 0 Å². The lowest BCUT2D eigenvalue weighted by Gasteiger charge is -2.09. The number of hydrogen-bond donors (Lipinski definition) is 1. The Bertz CT molecular complexity index is 1040. The van der Waals surface area contributed by atoms with Crippen LogP contribution in [0, 0.1) is 10.1 Å². The second-order valence-electron chi connectivity index (χ2n) is 6.59. The topological polar surface area (TPSA) is 93.8 Å². The fourth-order valence-corrected chi connectivity index (χ4v) is 3.43. The molecule has 0 spiro atoms. The van der Waals surface area contributed by atoms with E-state index in [4.69, 9.17) is 4.74 Å². The molecular formula is C23H21N3O4S. The summed E-state index contributed by atoms with van der Waals surface area (Å²) in [6.07, 6.45) is 1.57. The number of carbonyl (C=O) groups is 1. The van der Waals surface area contributed by atoms with Crippen molar-refractivity contribution >= 4 is 29.6 Å². The molecule has 0 aliphatic carbocycles. The molecule has 0 aromatic heterocycles. The van der Waals surface area contributed by atoms with Crippen LogP contribution in [0.2, 0.25) is 0 Å². The SMILES string of the molecule is C[C@@H](Sc1ccccc1)C(=O)N/N=C\c1ccc(OCc2ccc([N+](=O)[O-])cc2)cc1. The highest BCUT2D eigenvalue weighted by atomic mass is 32.2. The first-order valence-electron chi connectivity index (χ1n) is 9.52. The zero-order chi connectivity index (χ0) is 22.1. The van der Waals surface area contributed by atoms with Crippen LogP contribution in [0.4, 0.5) is 5.69 Å². The average Bonchev–Trinajstić information content (AvgIpc) is 2.79. The number of rotatable bonds is 9. The monoisotopic (exact) mass is 435 g/mol. The lowest BCUT2D eigenvalue weighted by Crippen LogP contribution is -2.26. The Labute approximate surface area is 184 Å². The Morgan fingerprint density at radius 3 is 2.42 bits per heavy atom. The first-order valence-corrected chi connectivity index (χ1v) is 10.4. The number of non-ortho nitro benzene ring substituents is 1. The van der Waals surface area contributed by atoms with E-state index in [0.717, 1.165) is 16.0 Å². The molecule has 3 aromatic carbocycles. The molecule has 0 fully saturated rings. The van der Waals surface area contributed by atoms with Gasteiger partial charge in [-0.05, 0) is 66.6 Å². The zero-order valence-electron chi connectivity index (χ0n) is 16.8. The Morgan fingerprint density at radius 1 is 1.10 bits per heavy atom. The molecule has 0 saturated heterocycles. The molecule has 3 aromatic rings. The summed E-state index contributed by atoms with van der Waals surface area (Å²) < 4.78 is 5.69. The number of hydrazone groups is 1. The van der Waals surface area contributed by atoms with Crippen LogP contribution in [0.1, 0.15) is 18.1 Å². The Morgan fingerprint density at radius 2 is 1.77 bits per heavy atom. The second-order valence-corrected chi connectivity index (χ2v) is 8.00. The summed E-state index contributed by atoms with van der Waals surface area (Å²) in [5.74, 6) is 0.487. The summed E-state index contributed by atoms with van der Waals surface area (Å²) >= 11 is 1.47. The Kier molecular flexibility index (Phi) is 7.78. The maximum Gasteiger partial charge on any atom is 0.269 e. The van der Waals surface area contributed by atoms with E-state index < -0.39 is 4.92 Å². The Balaban J connectivity index is 1.45. The van der Waals surface area contributed by atoms with Crippen molar-refractivity contribution in [3.8, 4) is 5.75 Å². The van der Waals surface area contributed by atoms with Gasteiger partial charge in [-0.1, -0.05) is 18.2 Å². The average molecular weight is 436 g/mol. The first-order chi connectivity index (χ1) is 15.0. The van der Waals surface area contributed by atoms with Gasteiger partial charge in [0, 0.05) is 17.0 Å². The highest BCUT2D eigenvalue weighted by molar-refractivity contribution is 8.00. The van der Waals surface area contributed by atoms with Gasteiger partial charge in [0.1, 0.15) is 12.4 Å². The van der Waals surface area contributed by atoms with Crippen molar-refractivity contribution in [1.82, 2.24) is 5.43 Å². The molecule has 158 valence electrons. The van der Waals surface area contributed by atoms with Gasteiger partial charge >= 0.3 is 0 Å². The molecule has 7 nitrogen and oxygen atoms in total. The number of nitrogens with one attached hydrogen (secondary N) is 1. The van der Waals surface area contributed by atoms with Crippen LogP contribution >= 0.6 is 11.8 Å². The fourth-order valence-electron chi connectivity index (χ4n) is 2.55. The molecule has 0 aliphatic heterocycles. The largest absolute Gasteiger partial charge is 0.489 e. The van der Waals surface area contributed by atoms with Crippen LogP contribution in [0.15, 0.2) is 88.9 Å². The molecule has 8 heteroatoms. The van der Waals surface area contributed by atoms with E-state index in [1.54, 1.807) is 30.5 Å². The van der Waals surface area contributed by atoms with Crippen molar-refractivity contribution in [2.24, 2.45) is 5.10 Å². The van der Waals surface area contributed by atoms with Gasteiger partial charge in [-0.3, -0.25) is 14.9 Å². The minimum absolute atomic E-state index is 0.0486. The van der Waals surface area contributed by atoms with E-state index >= 15 is 0 Å². The molecule has 0 saturated carbocycles. The van der Waals surface area contributed by atoms with Crippen molar-refractivity contribution in [3.05, 3.63) is 100 Å². The summed E-state index contributed by atoms with van der Waals surface area (Å²) in [4.78, 5) is 23.4. The maximum atomic E-state index is 12.2. The third kappa shape index (κ3) is 6.97. The molecule has 1 N–H and O–H groups in total. The second kappa shape index (κ2) is 10.9. The minimum atomic E-state index is -0.434. The highest BCUT2D eigenvalue weighted by Gasteiger charge is 2.13. The summed E-state index contributed by atoms with van der Waals surface area (Å²) in [6, 6.07) is 23.2. The van der Waals surface area contributed by atoms with Crippen LogP contribution in [-0.4, -0.2) is 22.3 Å². The van der Waals surface area contributed by atoms with E-state index in [1.807, 2.05) is 49.4 Å². The molecular weight excluding hydrogens is 414 g/mol. The minimum Gasteiger partial charge on any atom is -0.489 e. The summed E-state index contributed by atoms with van der Waals surface area (Å²) in [6.45, 7) is 2.14. The van der Waals surface area contributed by atoms with Crippen LogP contribution in [0.25, 0.3) is 0 Å². The smallest absolute Gasteiger partial charge is 0.269 e. The van der Waals surface area contributed by atoms with Gasteiger partial charge in [0.2, 0.25) is 0 Å². The van der Waals surface area contributed by atoms with E-state index in [0.29, 0.717) is 12.4 Å². The molecule has 1 atom stereocenters. The number of hydrogen-bond acceptors (Lipinski definition) is 6. The lowest BCUT2D eigenvalue weighted by atomic mass is 10.2. The van der Waals surface area contributed by atoms with Gasteiger partial charge in [0.05, 0.1) is 16.4 Å². The molecule has 0 bridgehead atoms. The lowest BCUT2D eigenvalue weighted by molar-refractivity contribution is -0.384. The standard InChI is InChI=1S/C23H21N3O4S/c1-17(31-22-5-3-2-4-6-22)23(27)25-24-15-18-9-13-21(14-10-18)30-16-19-7-11-20(12-8-19)26(28)29/h2-15,17H,16H2,1H3,(H,25,27)/b24-15-/t17-/m1/s1. The van der Waals surface area contributed by atoms with Crippen molar-refractivity contribution in [3.63, 3.8) is 0 Å². The number of nitro benzene ring substituents is 1. The van der Waals surface area contributed by atoms with Gasteiger partial charge in [0.25, 0.3) is 11.6 Å². The quantitative estimate of drug-likeness (QED) is 0.225. The van der Waals surface area contributed by atoms with Crippen LogP contribution in [0.3, 0.4) is 0 Å². The third-order valence-corrected chi connectivity index (χ3v) is 5.36. The third-order valence-electron chi connectivity index (χ3n) is 4.25. The normalized spacial score (nSPS) is 11.8. The van der Waals surface area contributed by atoms with Gasteiger partial charge < -0.3 is 4.74 Å². The number of nitro groups is 1. The number of ether oxygens (including phenoxy) is 1. The van der Waals surface area contributed by atoms with Gasteiger partial charge in [-0.2, -0.15) is 5.10 Å².